The van der Waals surface area contributed by atoms with Crippen LogP contribution in [0, 0.1) is 0 Å². The van der Waals surface area contributed by atoms with Crippen molar-refractivity contribution in [2.45, 2.75) is 19.4 Å². The number of urea groups is 1. The number of halogens is 3. The summed E-state index contributed by atoms with van der Waals surface area (Å²) in [4.78, 5) is 44.7. The van der Waals surface area contributed by atoms with Crippen molar-refractivity contribution in [3.05, 3.63) is 79.9 Å². The Hall–Kier alpha value is -2.78. The van der Waals surface area contributed by atoms with Gasteiger partial charge in [0.25, 0.3) is 5.91 Å². The number of rotatable bonds is 6. The monoisotopic (exact) mass is 578 g/mol. The molecule has 38 heavy (non-hydrogen) atoms. The van der Waals surface area contributed by atoms with E-state index in [0.717, 1.165) is 6.42 Å². The Morgan fingerprint density at radius 1 is 1.03 bits per heavy atom. The fourth-order valence-corrected chi connectivity index (χ4v) is 5.24. The van der Waals surface area contributed by atoms with Gasteiger partial charge in [0.1, 0.15) is 0 Å². The van der Waals surface area contributed by atoms with Crippen LogP contribution in [-0.2, 0) is 9.53 Å². The SMILES string of the molecule is CCOC(=O)C1=C(CN2CCCN(C(=O)c3ccc(Cl)cc3)CC2)N(C)C(=O)NC1c1cccc(Cl)c1Cl. The molecule has 0 spiro atoms. The Balaban J connectivity index is 1.61. The zero-order chi connectivity index (χ0) is 27.4. The maximum absolute atomic E-state index is 13.3. The highest BCUT2D eigenvalue weighted by atomic mass is 35.5. The van der Waals surface area contributed by atoms with Crippen molar-refractivity contribution >= 4 is 52.7 Å². The number of benzene rings is 2. The number of hydrogen-bond donors (Lipinski definition) is 1. The van der Waals surface area contributed by atoms with Gasteiger partial charge in [-0.2, -0.15) is 0 Å². The second-order valence-electron chi connectivity index (χ2n) is 9.09. The minimum atomic E-state index is -0.825. The van der Waals surface area contributed by atoms with E-state index < -0.39 is 12.0 Å². The maximum Gasteiger partial charge on any atom is 0.338 e. The van der Waals surface area contributed by atoms with Gasteiger partial charge in [0.05, 0.1) is 28.3 Å². The lowest BCUT2D eigenvalue weighted by atomic mass is 9.94. The van der Waals surface area contributed by atoms with Crippen LogP contribution in [0.25, 0.3) is 0 Å². The van der Waals surface area contributed by atoms with Gasteiger partial charge in [-0.25, -0.2) is 9.59 Å². The van der Waals surface area contributed by atoms with Gasteiger partial charge in [-0.05, 0) is 49.2 Å². The predicted molar refractivity (Wildman–Crippen MR) is 148 cm³/mol. The van der Waals surface area contributed by atoms with Crippen LogP contribution in [0.5, 0.6) is 0 Å². The Morgan fingerprint density at radius 2 is 1.76 bits per heavy atom. The van der Waals surface area contributed by atoms with Crippen LogP contribution in [0.4, 0.5) is 4.79 Å². The second kappa shape index (κ2) is 12.4. The molecular formula is C27H29Cl3N4O4. The summed E-state index contributed by atoms with van der Waals surface area (Å²) in [6.45, 7) is 4.57. The summed E-state index contributed by atoms with van der Waals surface area (Å²) < 4.78 is 5.41. The maximum atomic E-state index is 13.3. The summed E-state index contributed by atoms with van der Waals surface area (Å²) in [7, 11) is 1.62. The first-order valence-electron chi connectivity index (χ1n) is 12.4. The van der Waals surface area contributed by atoms with Crippen molar-refractivity contribution in [3.8, 4) is 0 Å². The smallest absolute Gasteiger partial charge is 0.338 e. The molecule has 3 amide bonds. The van der Waals surface area contributed by atoms with Crippen LogP contribution >= 0.6 is 34.8 Å². The molecule has 202 valence electrons. The molecule has 2 aromatic carbocycles. The van der Waals surface area contributed by atoms with Crippen molar-refractivity contribution < 1.29 is 19.1 Å². The number of carbonyl (C=O) groups is 3. The molecule has 2 aliphatic rings. The molecular weight excluding hydrogens is 551 g/mol. The third kappa shape index (κ3) is 6.10. The van der Waals surface area contributed by atoms with E-state index in [-0.39, 0.29) is 23.6 Å². The van der Waals surface area contributed by atoms with Crippen molar-refractivity contribution in [2.75, 3.05) is 46.4 Å². The van der Waals surface area contributed by atoms with Gasteiger partial charge >= 0.3 is 12.0 Å². The summed E-state index contributed by atoms with van der Waals surface area (Å²) in [6, 6.07) is 10.8. The standard InChI is InChI=1S/C27H29Cl3N4O4/c1-3-38-26(36)22-21(32(2)27(37)31-24(22)19-6-4-7-20(29)23(19)30)16-33-12-5-13-34(15-14-33)25(35)17-8-10-18(28)11-9-17/h4,6-11,24H,3,5,12-16H2,1-2H3,(H,31,37). The summed E-state index contributed by atoms with van der Waals surface area (Å²) in [5, 5.41) is 4.02. The number of amides is 3. The van der Waals surface area contributed by atoms with Gasteiger partial charge in [-0.15, -0.1) is 0 Å². The Bertz CT molecular complexity index is 1250. The first-order valence-corrected chi connectivity index (χ1v) is 13.5. The van der Waals surface area contributed by atoms with E-state index in [2.05, 4.69) is 10.2 Å². The lowest BCUT2D eigenvalue weighted by Crippen LogP contribution is -2.49. The van der Waals surface area contributed by atoms with Crippen LogP contribution in [0.15, 0.2) is 53.7 Å². The minimum Gasteiger partial charge on any atom is -0.463 e. The van der Waals surface area contributed by atoms with Crippen LogP contribution in [0.3, 0.4) is 0 Å². The number of ether oxygens (including phenoxy) is 1. The molecule has 2 aromatic rings. The lowest BCUT2D eigenvalue weighted by molar-refractivity contribution is -0.139. The van der Waals surface area contributed by atoms with E-state index in [0.29, 0.717) is 65.2 Å². The van der Waals surface area contributed by atoms with E-state index in [9.17, 15) is 14.4 Å². The number of likely N-dealkylation sites (N-methyl/N-ethyl adjacent to an activating group) is 1. The zero-order valence-corrected chi connectivity index (χ0v) is 23.4. The fraction of sp³-hybridized carbons (Fsp3) is 0.370. The number of carbonyl (C=O) groups excluding carboxylic acids is 3. The molecule has 8 nitrogen and oxygen atoms in total. The van der Waals surface area contributed by atoms with Crippen LogP contribution < -0.4 is 5.32 Å². The van der Waals surface area contributed by atoms with Crippen LogP contribution in [0.2, 0.25) is 15.1 Å². The molecule has 1 atom stereocenters. The van der Waals surface area contributed by atoms with Gasteiger partial charge in [-0.1, -0.05) is 46.9 Å². The predicted octanol–water partition coefficient (Wildman–Crippen LogP) is 5.01. The largest absolute Gasteiger partial charge is 0.463 e. The van der Waals surface area contributed by atoms with Gasteiger partial charge < -0.3 is 15.0 Å². The molecule has 1 N–H and O–H groups in total. The second-order valence-corrected chi connectivity index (χ2v) is 10.3. The molecule has 1 fully saturated rings. The van der Waals surface area contributed by atoms with Crippen LogP contribution in [-0.4, -0.2) is 79.0 Å². The third-order valence-electron chi connectivity index (χ3n) is 6.70. The van der Waals surface area contributed by atoms with Gasteiger partial charge in [0.2, 0.25) is 0 Å². The molecule has 1 saturated heterocycles. The van der Waals surface area contributed by atoms with E-state index in [1.165, 1.54) is 4.90 Å². The number of nitrogens with zero attached hydrogens (tertiary/aromatic N) is 3. The van der Waals surface area contributed by atoms with Crippen molar-refractivity contribution in [1.29, 1.82) is 0 Å². The quantitative estimate of drug-likeness (QED) is 0.487. The van der Waals surface area contributed by atoms with Crippen LogP contribution in [0.1, 0.15) is 35.3 Å². The number of hydrogen-bond acceptors (Lipinski definition) is 5. The molecule has 0 saturated carbocycles. The third-order valence-corrected chi connectivity index (χ3v) is 7.79. The van der Waals surface area contributed by atoms with Crippen molar-refractivity contribution in [3.63, 3.8) is 0 Å². The topological polar surface area (TPSA) is 82.2 Å². The fourth-order valence-electron chi connectivity index (χ4n) is 4.69. The highest BCUT2D eigenvalue weighted by molar-refractivity contribution is 6.42. The Labute approximate surface area is 237 Å². The Morgan fingerprint density at radius 3 is 2.47 bits per heavy atom. The number of esters is 1. The first kappa shape index (κ1) is 28.2. The highest BCUT2D eigenvalue weighted by Crippen LogP contribution is 2.37. The van der Waals surface area contributed by atoms with E-state index in [1.807, 2.05) is 4.90 Å². The highest BCUT2D eigenvalue weighted by Gasteiger charge is 2.38. The molecule has 0 aromatic heterocycles. The van der Waals surface area contributed by atoms with Gasteiger partial charge in [0, 0.05) is 56.1 Å². The minimum absolute atomic E-state index is 0.0558. The Kier molecular flexibility index (Phi) is 9.20. The average Bonchev–Trinajstić information content (AvgIpc) is 3.14. The first-order chi connectivity index (χ1) is 18.2. The van der Waals surface area contributed by atoms with Crippen molar-refractivity contribution in [2.24, 2.45) is 0 Å². The molecule has 4 rings (SSSR count). The van der Waals surface area contributed by atoms with E-state index in [1.54, 1.807) is 56.4 Å². The van der Waals surface area contributed by atoms with Gasteiger partial charge in [0.15, 0.2) is 0 Å². The molecule has 2 heterocycles. The number of nitrogens with one attached hydrogen (secondary N) is 1. The summed E-state index contributed by atoms with van der Waals surface area (Å²) >= 11 is 18.7. The van der Waals surface area contributed by atoms with Gasteiger partial charge in [-0.3, -0.25) is 14.6 Å². The molecule has 2 aliphatic heterocycles. The van der Waals surface area contributed by atoms with Crippen molar-refractivity contribution in [1.82, 2.24) is 20.0 Å². The molecule has 1 unspecified atom stereocenters. The van der Waals surface area contributed by atoms with E-state index in [4.69, 9.17) is 39.5 Å². The summed E-state index contributed by atoms with van der Waals surface area (Å²) in [5.41, 5.74) is 1.92. The van der Waals surface area contributed by atoms with E-state index >= 15 is 0 Å². The lowest BCUT2D eigenvalue weighted by Gasteiger charge is -2.37. The molecule has 0 radical (unpaired) electrons. The zero-order valence-electron chi connectivity index (χ0n) is 21.2. The normalized spacial score (nSPS) is 18.8. The summed E-state index contributed by atoms with van der Waals surface area (Å²) in [5.74, 6) is -0.593. The molecule has 0 aliphatic carbocycles. The molecule has 0 bridgehead atoms. The summed E-state index contributed by atoms with van der Waals surface area (Å²) in [6.07, 6.45) is 0.737. The molecule has 11 heteroatoms. The average molecular weight is 580 g/mol.